The van der Waals surface area contributed by atoms with Gasteiger partial charge >= 0.3 is 5.97 Å². The molecule has 0 aromatic carbocycles. The highest BCUT2D eigenvalue weighted by Gasteiger charge is 2.13. The molecule has 1 N–H and O–H groups in total. The Kier molecular flexibility index (Phi) is 4.93. The minimum Gasteiger partial charge on any atom is -0.461 e. The second kappa shape index (κ2) is 6.68. The molecule has 2 aromatic heterocycles. The summed E-state index contributed by atoms with van der Waals surface area (Å²) >= 11 is 3.17. The van der Waals surface area contributed by atoms with E-state index >= 15 is 0 Å². The van der Waals surface area contributed by atoms with Gasteiger partial charge in [0, 0.05) is 22.7 Å². The SMILES string of the molecule is CCOC(=O)c1csc(NC(C)Cc2cccs2)n1. The number of esters is 1. The van der Waals surface area contributed by atoms with Crippen LogP contribution >= 0.6 is 22.7 Å². The predicted molar refractivity (Wildman–Crippen MR) is 79.2 cm³/mol. The average Bonchev–Trinajstić information content (AvgIpc) is 3.00. The van der Waals surface area contributed by atoms with Gasteiger partial charge in [-0.25, -0.2) is 9.78 Å². The Labute approximate surface area is 120 Å². The van der Waals surface area contributed by atoms with Crippen molar-refractivity contribution >= 4 is 33.8 Å². The zero-order chi connectivity index (χ0) is 13.7. The molecule has 0 bridgehead atoms. The summed E-state index contributed by atoms with van der Waals surface area (Å²) in [5.41, 5.74) is 0.373. The number of ether oxygens (including phenoxy) is 1. The number of carbonyl (C=O) groups is 1. The zero-order valence-corrected chi connectivity index (χ0v) is 12.5. The molecule has 2 rings (SSSR count). The average molecular weight is 296 g/mol. The standard InChI is InChI=1S/C13H16N2O2S2/c1-3-17-12(16)11-8-19-13(15-11)14-9(2)7-10-5-4-6-18-10/h4-6,8-9H,3,7H2,1-2H3,(H,14,15). The van der Waals surface area contributed by atoms with Crippen LogP contribution in [0.3, 0.4) is 0 Å². The van der Waals surface area contributed by atoms with Gasteiger partial charge < -0.3 is 10.1 Å². The van der Waals surface area contributed by atoms with Crippen LogP contribution in [0.2, 0.25) is 0 Å². The topological polar surface area (TPSA) is 51.2 Å². The van der Waals surface area contributed by atoms with Crippen LogP contribution in [0.4, 0.5) is 5.13 Å². The number of anilines is 1. The lowest BCUT2D eigenvalue weighted by Crippen LogP contribution is -2.17. The molecule has 1 unspecified atom stereocenters. The van der Waals surface area contributed by atoms with Crippen LogP contribution in [0.1, 0.15) is 29.2 Å². The first-order valence-corrected chi connectivity index (χ1v) is 7.86. The largest absolute Gasteiger partial charge is 0.461 e. The summed E-state index contributed by atoms with van der Waals surface area (Å²) in [7, 11) is 0. The fourth-order valence-electron chi connectivity index (χ4n) is 1.63. The van der Waals surface area contributed by atoms with E-state index in [-0.39, 0.29) is 12.0 Å². The summed E-state index contributed by atoms with van der Waals surface area (Å²) in [5, 5.41) is 7.85. The van der Waals surface area contributed by atoms with Gasteiger partial charge in [-0.1, -0.05) is 6.07 Å². The summed E-state index contributed by atoms with van der Waals surface area (Å²) in [5.74, 6) is -0.363. The van der Waals surface area contributed by atoms with E-state index in [9.17, 15) is 4.79 Å². The Morgan fingerprint density at radius 2 is 2.37 bits per heavy atom. The van der Waals surface area contributed by atoms with Crippen LogP contribution < -0.4 is 5.32 Å². The first kappa shape index (κ1) is 14.0. The van der Waals surface area contributed by atoms with E-state index in [1.54, 1.807) is 23.6 Å². The van der Waals surface area contributed by atoms with Crippen LogP contribution in [0, 0.1) is 0 Å². The Morgan fingerprint density at radius 3 is 3.05 bits per heavy atom. The molecule has 0 fully saturated rings. The third-order valence-electron chi connectivity index (χ3n) is 2.45. The smallest absolute Gasteiger partial charge is 0.357 e. The number of rotatable bonds is 6. The number of thiazole rings is 1. The van der Waals surface area contributed by atoms with Crippen molar-refractivity contribution in [2.75, 3.05) is 11.9 Å². The summed E-state index contributed by atoms with van der Waals surface area (Å²) < 4.78 is 4.91. The molecule has 0 aliphatic rings. The molecule has 1 atom stereocenters. The lowest BCUT2D eigenvalue weighted by atomic mass is 10.2. The summed E-state index contributed by atoms with van der Waals surface area (Å²) in [6.45, 7) is 4.26. The Morgan fingerprint density at radius 1 is 1.53 bits per heavy atom. The number of nitrogens with zero attached hydrogens (tertiary/aromatic N) is 1. The van der Waals surface area contributed by atoms with Crippen LogP contribution in [-0.2, 0) is 11.2 Å². The quantitative estimate of drug-likeness (QED) is 0.830. The van der Waals surface area contributed by atoms with Crippen LogP contribution in [0.15, 0.2) is 22.9 Å². The Balaban J connectivity index is 1.90. The van der Waals surface area contributed by atoms with E-state index in [0.717, 1.165) is 11.6 Å². The molecular weight excluding hydrogens is 280 g/mol. The van der Waals surface area contributed by atoms with Gasteiger partial charge in [0.15, 0.2) is 10.8 Å². The van der Waals surface area contributed by atoms with E-state index in [2.05, 4.69) is 34.7 Å². The monoisotopic (exact) mass is 296 g/mol. The number of hydrogen-bond donors (Lipinski definition) is 1. The third-order valence-corrected chi connectivity index (χ3v) is 4.12. The molecule has 0 saturated heterocycles. The highest BCUT2D eigenvalue weighted by Crippen LogP contribution is 2.19. The van der Waals surface area contributed by atoms with Crippen LogP contribution in [0.5, 0.6) is 0 Å². The van der Waals surface area contributed by atoms with Crippen molar-refractivity contribution in [2.45, 2.75) is 26.3 Å². The zero-order valence-electron chi connectivity index (χ0n) is 10.9. The number of nitrogens with one attached hydrogen (secondary N) is 1. The maximum absolute atomic E-state index is 11.5. The van der Waals surface area contributed by atoms with E-state index in [4.69, 9.17) is 4.74 Å². The molecule has 0 saturated carbocycles. The number of hydrogen-bond acceptors (Lipinski definition) is 6. The van der Waals surface area contributed by atoms with E-state index in [1.165, 1.54) is 16.2 Å². The molecule has 0 aliphatic carbocycles. The van der Waals surface area contributed by atoms with Crippen molar-refractivity contribution < 1.29 is 9.53 Å². The van der Waals surface area contributed by atoms with E-state index < -0.39 is 0 Å². The highest BCUT2D eigenvalue weighted by atomic mass is 32.1. The third kappa shape index (κ3) is 4.04. The molecule has 0 radical (unpaired) electrons. The summed E-state index contributed by atoms with van der Waals surface area (Å²) in [6.07, 6.45) is 0.950. The van der Waals surface area contributed by atoms with Gasteiger partial charge in [0.25, 0.3) is 0 Å². The van der Waals surface area contributed by atoms with Gasteiger partial charge in [0.1, 0.15) is 0 Å². The van der Waals surface area contributed by atoms with Gasteiger partial charge in [-0.05, 0) is 25.3 Å². The first-order chi connectivity index (χ1) is 9.19. The molecule has 19 heavy (non-hydrogen) atoms. The Bertz CT molecular complexity index is 522. The minimum absolute atomic E-state index is 0.278. The maximum Gasteiger partial charge on any atom is 0.357 e. The van der Waals surface area contributed by atoms with Gasteiger partial charge in [-0.2, -0.15) is 0 Å². The molecule has 6 heteroatoms. The molecule has 2 heterocycles. The number of aromatic nitrogens is 1. The van der Waals surface area contributed by atoms with Crippen molar-refractivity contribution in [3.63, 3.8) is 0 Å². The molecule has 4 nitrogen and oxygen atoms in total. The van der Waals surface area contributed by atoms with Crippen molar-refractivity contribution in [1.82, 2.24) is 4.98 Å². The summed E-state index contributed by atoms with van der Waals surface area (Å²) in [6, 6.07) is 4.45. The van der Waals surface area contributed by atoms with E-state index in [1.807, 2.05) is 0 Å². The predicted octanol–water partition coefficient (Wildman–Crippen LogP) is 3.42. The van der Waals surface area contributed by atoms with E-state index in [0.29, 0.717) is 12.3 Å². The van der Waals surface area contributed by atoms with Crippen molar-refractivity contribution in [1.29, 1.82) is 0 Å². The molecule has 0 aliphatic heterocycles. The molecule has 2 aromatic rings. The fraction of sp³-hybridized carbons (Fsp3) is 0.385. The van der Waals surface area contributed by atoms with Crippen molar-refractivity contribution in [3.05, 3.63) is 33.5 Å². The molecule has 0 amide bonds. The first-order valence-electron chi connectivity index (χ1n) is 6.10. The lowest BCUT2D eigenvalue weighted by molar-refractivity contribution is 0.0520. The molecule has 0 spiro atoms. The minimum atomic E-state index is -0.363. The summed E-state index contributed by atoms with van der Waals surface area (Å²) in [4.78, 5) is 17.1. The lowest BCUT2D eigenvalue weighted by Gasteiger charge is -2.11. The molecule has 102 valence electrons. The number of thiophene rings is 1. The second-order valence-corrected chi connectivity index (χ2v) is 5.98. The number of carbonyl (C=O) groups excluding carboxylic acids is 1. The van der Waals surface area contributed by atoms with Crippen molar-refractivity contribution in [3.8, 4) is 0 Å². The normalized spacial score (nSPS) is 12.1. The van der Waals surface area contributed by atoms with Gasteiger partial charge in [-0.15, -0.1) is 22.7 Å². The fourth-order valence-corrected chi connectivity index (χ4v) is 3.26. The van der Waals surface area contributed by atoms with Gasteiger partial charge in [-0.3, -0.25) is 0 Å². The van der Waals surface area contributed by atoms with Gasteiger partial charge in [0.05, 0.1) is 6.61 Å². The van der Waals surface area contributed by atoms with Crippen molar-refractivity contribution in [2.24, 2.45) is 0 Å². The maximum atomic E-state index is 11.5. The van der Waals surface area contributed by atoms with Crippen LogP contribution in [0.25, 0.3) is 0 Å². The van der Waals surface area contributed by atoms with Gasteiger partial charge in [0.2, 0.25) is 0 Å². The second-order valence-electron chi connectivity index (χ2n) is 4.09. The Hall–Kier alpha value is -1.40. The highest BCUT2D eigenvalue weighted by molar-refractivity contribution is 7.13. The molecular formula is C13H16N2O2S2. The van der Waals surface area contributed by atoms with Crippen LogP contribution in [-0.4, -0.2) is 23.6 Å².